The molecule has 2 aromatic carbocycles. The van der Waals surface area contributed by atoms with Crippen molar-refractivity contribution in [3.05, 3.63) is 75.8 Å². The number of benzene rings is 2. The van der Waals surface area contributed by atoms with Crippen LogP contribution in [0, 0.1) is 10.1 Å². The third-order valence-corrected chi connectivity index (χ3v) is 4.37. The molecule has 0 aliphatic rings. The summed E-state index contributed by atoms with van der Waals surface area (Å²) in [6.07, 6.45) is 1.23. The van der Waals surface area contributed by atoms with Crippen molar-refractivity contribution in [3.63, 3.8) is 0 Å². The quantitative estimate of drug-likeness (QED) is 0.594. The fourth-order valence-electron chi connectivity index (χ4n) is 2.64. The largest absolute Gasteiger partial charge is 0.387 e. The van der Waals surface area contributed by atoms with Crippen LogP contribution in [0.3, 0.4) is 0 Å². The molecule has 0 aromatic heterocycles. The molecule has 128 valence electrons. The van der Waals surface area contributed by atoms with Crippen molar-refractivity contribution >= 4 is 5.69 Å². The highest BCUT2D eigenvalue weighted by atomic mass is 16.6. The molecule has 0 bridgehead atoms. The van der Waals surface area contributed by atoms with Gasteiger partial charge in [0.2, 0.25) is 0 Å². The first kappa shape index (κ1) is 18.1. The fourth-order valence-corrected chi connectivity index (χ4v) is 2.64. The summed E-state index contributed by atoms with van der Waals surface area (Å²) in [7, 11) is 1.97. The molecule has 5 heteroatoms. The molecule has 0 spiro atoms. The Kier molecular flexibility index (Phi) is 6.46. The molecule has 0 radical (unpaired) electrons. The van der Waals surface area contributed by atoms with E-state index < -0.39 is 11.0 Å². The lowest BCUT2D eigenvalue weighted by molar-refractivity contribution is -0.385. The number of nitrogens with zero attached hydrogens (tertiary/aromatic N) is 2. The van der Waals surface area contributed by atoms with E-state index in [0.29, 0.717) is 18.2 Å². The lowest BCUT2D eigenvalue weighted by Crippen LogP contribution is -2.33. The number of aryl methyl sites for hydroxylation is 1. The van der Waals surface area contributed by atoms with E-state index in [0.717, 1.165) is 12.8 Å². The van der Waals surface area contributed by atoms with Gasteiger partial charge in [0.1, 0.15) is 0 Å². The first-order valence-corrected chi connectivity index (χ1v) is 8.14. The molecular formula is C19H24N2O3. The zero-order valence-corrected chi connectivity index (χ0v) is 14.1. The van der Waals surface area contributed by atoms with E-state index in [-0.39, 0.29) is 5.69 Å². The minimum Gasteiger partial charge on any atom is -0.387 e. The summed E-state index contributed by atoms with van der Waals surface area (Å²) in [5.41, 5.74) is 1.88. The van der Waals surface area contributed by atoms with Gasteiger partial charge in [-0.15, -0.1) is 0 Å². The molecule has 5 nitrogen and oxygen atoms in total. The van der Waals surface area contributed by atoms with Gasteiger partial charge in [0.15, 0.2) is 0 Å². The van der Waals surface area contributed by atoms with Crippen molar-refractivity contribution in [3.8, 4) is 0 Å². The van der Waals surface area contributed by atoms with Crippen molar-refractivity contribution in [1.82, 2.24) is 4.90 Å². The van der Waals surface area contributed by atoms with Crippen LogP contribution < -0.4 is 0 Å². The van der Waals surface area contributed by atoms with E-state index in [1.165, 1.54) is 17.7 Å². The maximum absolute atomic E-state index is 10.8. The van der Waals surface area contributed by atoms with E-state index in [2.05, 4.69) is 24.0 Å². The van der Waals surface area contributed by atoms with Gasteiger partial charge >= 0.3 is 0 Å². The van der Waals surface area contributed by atoms with Crippen molar-refractivity contribution in [2.75, 3.05) is 13.6 Å². The highest BCUT2D eigenvalue weighted by molar-refractivity contribution is 5.35. The molecule has 1 N–H and O–H groups in total. The Bertz CT molecular complexity index is 661. The zero-order valence-electron chi connectivity index (χ0n) is 14.1. The maximum Gasteiger partial charge on any atom is 0.269 e. The predicted molar refractivity (Wildman–Crippen MR) is 94.9 cm³/mol. The lowest BCUT2D eigenvalue weighted by Gasteiger charge is -2.27. The predicted octanol–water partition coefficient (Wildman–Crippen LogP) is 3.58. The van der Waals surface area contributed by atoms with Crippen LogP contribution >= 0.6 is 0 Å². The van der Waals surface area contributed by atoms with Gasteiger partial charge in [0.05, 0.1) is 11.0 Å². The van der Waals surface area contributed by atoms with Crippen LogP contribution in [0.1, 0.15) is 30.6 Å². The summed E-state index contributed by atoms with van der Waals surface area (Å²) in [5.74, 6) is 0. The van der Waals surface area contributed by atoms with Gasteiger partial charge in [0, 0.05) is 24.7 Å². The number of hydrogen-bond donors (Lipinski definition) is 1. The smallest absolute Gasteiger partial charge is 0.269 e. The Balaban J connectivity index is 1.89. The molecule has 0 saturated carbocycles. The van der Waals surface area contributed by atoms with E-state index >= 15 is 0 Å². The van der Waals surface area contributed by atoms with E-state index in [4.69, 9.17) is 0 Å². The molecule has 0 aliphatic carbocycles. The summed E-state index contributed by atoms with van der Waals surface area (Å²) in [6, 6.07) is 16.8. The van der Waals surface area contributed by atoms with Gasteiger partial charge in [0.25, 0.3) is 5.69 Å². The Morgan fingerprint density at radius 1 is 1.17 bits per heavy atom. The number of likely N-dealkylation sites (N-methyl/N-ethyl adjacent to an activating group) is 1. The number of aliphatic hydroxyl groups is 1. The molecule has 2 aromatic rings. The molecule has 0 saturated heterocycles. The van der Waals surface area contributed by atoms with Crippen LogP contribution in [-0.4, -0.2) is 34.6 Å². The molecular weight excluding hydrogens is 304 g/mol. The first-order valence-electron chi connectivity index (χ1n) is 8.14. The van der Waals surface area contributed by atoms with Crippen LogP contribution in [0.5, 0.6) is 0 Å². The van der Waals surface area contributed by atoms with Gasteiger partial charge in [-0.25, -0.2) is 0 Å². The number of hydrogen-bond acceptors (Lipinski definition) is 4. The average Bonchev–Trinajstić information content (AvgIpc) is 2.60. The van der Waals surface area contributed by atoms with Crippen molar-refractivity contribution < 1.29 is 10.0 Å². The summed E-state index contributed by atoms with van der Waals surface area (Å²) in [4.78, 5) is 12.5. The average molecular weight is 328 g/mol. The number of non-ortho nitro benzene ring substituents is 1. The first-order chi connectivity index (χ1) is 11.5. The van der Waals surface area contributed by atoms with Gasteiger partial charge in [-0.2, -0.15) is 0 Å². The summed E-state index contributed by atoms with van der Waals surface area (Å²) in [5, 5.41) is 21.2. The van der Waals surface area contributed by atoms with E-state index in [1.807, 2.05) is 25.2 Å². The molecule has 2 rings (SSSR count). The van der Waals surface area contributed by atoms with Crippen molar-refractivity contribution in [2.24, 2.45) is 0 Å². The van der Waals surface area contributed by atoms with Gasteiger partial charge in [-0.1, -0.05) is 42.5 Å². The summed E-state index contributed by atoms with van der Waals surface area (Å²) in [6.45, 7) is 2.57. The maximum atomic E-state index is 10.8. The van der Waals surface area contributed by atoms with Crippen LogP contribution in [-0.2, 0) is 6.42 Å². The van der Waals surface area contributed by atoms with E-state index in [9.17, 15) is 15.2 Å². The van der Waals surface area contributed by atoms with Crippen LogP contribution in [0.2, 0.25) is 0 Å². The molecule has 0 fully saturated rings. The number of nitro groups is 1. The second-order valence-corrected chi connectivity index (χ2v) is 6.18. The summed E-state index contributed by atoms with van der Waals surface area (Å²) < 4.78 is 0. The highest BCUT2D eigenvalue weighted by Crippen LogP contribution is 2.21. The topological polar surface area (TPSA) is 66.6 Å². The SMILES string of the molecule is C[C@@H](CCc1ccccc1)N(C)C[C@H](O)c1cccc([N+](=O)[O-])c1. The van der Waals surface area contributed by atoms with Crippen LogP contribution in [0.15, 0.2) is 54.6 Å². The molecule has 0 aliphatic heterocycles. The molecule has 2 atom stereocenters. The number of rotatable bonds is 8. The third-order valence-electron chi connectivity index (χ3n) is 4.37. The van der Waals surface area contributed by atoms with E-state index in [1.54, 1.807) is 12.1 Å². The molecule has 24 heavy (non-hydrogen) atoms. The second kappa shape index (κ2) is 8.57. The van der Waals surface area contributed by atoms with Gasteiger partial charge in [-0.05, 0) is 37.9 Å². The zero-order chi connectivity index (χ0) is 17.5. The monoisotopic (exact) mass is 328 g/mol. The fraction of sp³-hybridized carbons (Fsp3) is 0.368. The lowest BCUT2D eigenvalue weighted by atomic mass is 10.0. The van der Waals surface area contributed by atoms with Crippen molar-refractivity contribution in [2.45, 2.75) is 31.9 Å². The Hall–Kier alpha value is -2.24. The van der Waals surface area contributed by atoms with Gasteiger partial charge < -0.3 is 10.0 Å². The molecule has 0 unspecified atom stereocenters. The Morgan fingerprint density at radius 3 is 2.54 bits per heavy atom. The minimum absolute atomic E-state index is 0.00586. The van der Waals surface area contributed by atoms with Gasteiger partial charge in [-0.3, -0.25) is 10.1 Å². The highest BCUT2D eigenvalue weighted by Gasteiger charge is 2.17. The Labute approximate surface area is 142 Å². The standard InChI is InChI=1S/C19H24N2O3/c1-15(11-12-16-7-4-3-5-8-16)20(2)14-19(22)17-9-6-10-18(13-17)21(23)24/h3-10,13,15,19,22H,11-12,14H2,1-2H3/t15-,19-/m0/s1. The molecule has 0 heterocycles. The van der Waals surface area contributed by atoms with Crippen molar-refractivity contribution in [1.29, 1.82) is 0 Å². The Morgan fingerprint density at radius 2 is 1.88 bits per heavy atom. The third kappa shape index (κ3) is 5.15. The number of aliphatic hydroxyl groups excluding tert-OH is 1. The minimum atomic E-state index is -0.742. The summed E-state index contributed by atoms with van der Waals surface area (Å²) >= 11 is 0. The molecule has 0 amide bonds. The van der Waals surface area contributed by atoms with Crippen LogP contribution in [0.25, 0.3) is 0 Å². The normalized spacial score (nSPS) is 13.7. The number of nitro benzene ring substituents is 1. The van der Waals surface area contributed by atoms with Crippen LogP contribution in [0.4, 0.5) is 5.69 Å². The second-order valence-electron chi connectivity index (χ2n) is 6.18.